The van der Waals surface area contributed by atoms with Crippen LogP contribution in [0.15, 0.2) is 0 Å². The summed E-state index contributed by atoms with van der Waals surface area (Å²) < 4.78 is 0. The van der Waals surface area contributed by atoms with Gasteiger partial charge in [-0.05, 0) is 49.4 Å². The van der Waals surface area contributed by atoms with Crippen molar-refractivity contribution in [2.24, 2.45) is 29.4 Å². The Morgan fingerprint density at radius 3 is 2.38 bits per heavy atom. The lowest BCUT2D eigenvalue weighted by molar-refractivity contribution is 0.113. The first-order valence-corrected chi connectivity index (χ1v) is 7.42. The zero-order valence-corrected chi connectivity index (χ0v) is 11.1. The summed E-state index contributed by atoms with van der Waals surface area (Å²) >= 11 is 0. The van der Waals surface area contributed by atoms with E-state index in [0.29, 0.717) is 6.04 Å². The van der Waals surface area contributed by atoms with E-state index in [0.717, 1.165) is 23.7 Å². The summed E-state index contributed by atoms with van der Waals surface area (Å²) in [6.07, 6.45) is 11.5. The van der Waals surface area contributed by atoms with Crippen LogP contribution in [0.1, 0.15) is 65.2 Å². The Kier molecular flexibility index (Phi) is 4.29. The van der Waals surface area contributed by atoms with Crippen molar-refractivity contribution < 1.29 is 0 Å². The SMILES string of the molecule is CC(C)CC(N)C1CCC2CCCCC2C1. The summed E-state index contributed by atoms with van der Waals surface area (Å²) in [5, 5.41) is 0. The third-order valence-electron chi connectivity index (χ3n) is 4.93. The third-order valence-corrected chi connectivity index (χ3v) is 4.93. The number of rotatable bonds is 3. The van der Waals surface area contributed by atoms with E-state index in [9.17, 15) is 0 Å². The molecule has 16 heavy (non-hydrogen) atoms. The Labute approximate surface area is 101 Å². The molecule has 0 spiro atoms. The van der Waals surface area contributed by atoms with Crippen LogP contribution in [0.4, 0.5) is 0 Å². The van der Waals surface area contributed by atoms with Crippen molar-refractivity contribution >= 4 is 0 Å². The van der Waals surface area contributed by atoms with Crippen LogP contribution in [0.25, 0.3) is 0 Å². The summed E-state index contributed by atoms with van der Waals surface area (Å²) in [5.74, 6) is 3.70. The van der Waals surface area contributed by atoms with Gasteiger partial charge in [0.2, 0.25) is 0 Å². The minimum atomic E-state index is 0.475. The Morgan fingerprint density at radius 1 is 1.00 bits per heavy atom. The lowest BCUT2D eigenvalue weighted by Crippen LogP contribution is -2.38. The van der Waals surface area contributed by atoms with Gasteiger partial charge in [0.05, 0.1) is 0 Å². The summed E-state index contributed by atoms with van der Waals surface area (Å²) in [4.78, 5) is 0. The second-order valence-corrected chi connectivity index (χ2v) is 6.67. The van der Waals surface area contributed by atoms with Crippen LogP contribution in [-0.4, -0.2) is 6.04 Å². The summed E-state index contributed by atoms with van der Waals surface area (Å²) in [6.45, 7) is 4.60. The maximum absolute atomic E-state index is 6.37. The Morgan fingerprint density at radius 2 is 1.69 bits per heavy atom. The highest BCUT2D eigenvalue weighted by molar-refractivity contribution is 4.87. The molecular formula is C15H29N. The molecule has 0 amide bonds. The molecule has 0 aliphatic heterocycles. The fourth-order valence-electron chi connectivity index (χ4n) is 4.04. The summed E-state index contributed by atoms with van der Waals surface area (Å²) in [5.41, 5.74) is 6.37. The predicted octanol–water partition coefficient (Wildman–Crippen LogP) is 3.97. The molecule has 1 heteroatoms. The topological polar surface area (TPSA) is 26.0 Å². The lowest BCUT2D eigenvalue weighted by Gasteiger charge is -2.41. The maximum atomic E-state index is 6.37. The van der Waals surface area contributed by atoms with Gasteiger partial charge in [0.1, 0.15) is 0 Å². The Hall–Kier alpha value is -0.0400. The van der Waals surface area contributed by atoms with Crippen LogP contribution in [0.3, 0.4) is 0 Å². The molecule has 94 valence electrons. The van der Waals surface area contributed by atoms with Gasteiger partial charge in [0.15, 0.2) is 0 Å². The second kappa shape index (κ2) is 5.53. The molecule has 0 radical (unpaired) electrons. The van der Waals surface area contributed by atoms with Gasteiger partial charge in [-0.25, -0.2) is 0 Å². The molecule has 2 N–H and O–H groups in total. The van der Waals surface area contributed by atoms with E-state index in [4.69, 9.17) is 5.73 Å². The van der Waals surface area contributed by atoms with Gasteiger partial charge in [-0.2, -0.15) is 0 Å². The molecule has 1 nitrogen and oxygen atoms in total. The lowest BCUT2D eigenvalue weighted by atomic mass is 9.65. The van der Waals surface area contributed by atoms with Gasteiger partial charge in [0.25, 0.3) is 0 Å². The van der Waals surface area contributed by atoms with Crippen molar-refractivity contribution in [2.45, 2.75) is 71.3 Å². The number of hydrogen-bond donors (Lipinski definition) is 1. The highest BCUT2D eigenvalue weighted by atomic mass is 14.7. The molecule has 4 atom stereocenters. The van der Waals surface area contributed by atoms with Crippen LogP contribution in [-0.2, 0) is 0 Å². The van der Waals surface area contributed by atoms with Gasteiger partial charge >= 0.3 is 0 Å². The van der Waals surface area contributed by atoms with Crippen LogP contribution >= 0.6 is 0 Å². The molecule has 0 bridgehead atoms. The standard InChI is InChI=1S/C15H29N/c1-11(2)9-15(16)14-8-7-12-5-3-4-6-13(12)10-14/h11-15H,3-10,16H2,1-2H3. The Balaban J connectivity index is 1.84. The largest absolute Gasteiger partial charge is 0.327 e. The normalized spacial score (nSPS) is 37.1. The van der Waals surface area contributed by atoms with Crippen molar-refractivity contribution in [1.29, 1.82) is 0 Å². The van der Waals surface area contributed by atoms with E-state index in [1.54, 1.807) is 0 Å². The average molecular weight is 223 g/mol. The highest BCUT2D eigenvalue weighted by Crippen LogP contribution is 2.43. The fourth-order valence-corrected chi connectivity index (χ4v) is 4.04. The van der Waals surface area contributed by atoms with E-state index in [1.807, 2.05) is 0 Å². The molecular weight excluding hydrogens is 194 g/mol. The molecule has 0 aromatic carbocycles. The van der Waals surface area contributed by atoms with Crippen molar-refractivity contribution in [2.75, 3.05) is 0 Å². The van der Waals surface area contributed by atoms with E-state index < -0.39 is 0 Å². The molecule has 2 saturated carbocycles. The van der Waals surface area contributed by atoms with E-state index in [2.05, 4.69) is 13.8 Å². The molecule has 0 heterocycles. The van der Waals surface area contributed by atoms with Gasteiger partial charge in [-0.15, -0.1) is 0 Å². The second-order valence-electron chi connectivity index (χ2n) is 6.67. The number of nitrogens with two attached hydrogens (primary N) is 1. The first-order valence-electron chi connectivity index (χ1n) is 7.42. The van der Waals surface area contributed by atoms with Gasteiger partial charge in [-0.3, -0.25) is 0 Å². The minimum Gasteiger partial charge on any atom is -0.327 e. The van der Waals surface area contributed by atoms with E-state index >= 15 is 0 Å². The maximum Gasteiger partial charge on any atom is 0.00697 e. The van der Waals surface area contributed by atoms with Crippen LogP contribution in [0.2, 0.25) is 0 Å². The van der Waals surface area contributed by atoms with E-state index in [-0.39, 0.29) is 0 Å². The van der Waals surface area contributed by atoms with Crippen LogP contribution in [0, 0.1) is 23.7 Å². The molecule has 2 fully saturated rings. The monoisotopic (exact) mass is 223 g/mol. The molecule has 2 aliphatic carbocycles. The van der Waals surface area contributed by atoms with Gasteiger partial charge in [0, 0.05) is 6.04 Å². The first-order chi connectivity index (χ1) is 7.66. The molecule has 0 aromatic rings. The molecule has 2 aliphatic rings. The van der Waals surface area contributed by atoms with Crippen molar-refractivity contribution in [1.82, 2.24) is 0 Å². The highest BCUT2D eigenvalue weighted by Gasteiger charge is 2.34. The molecule has 0 aromatic heterocycles. The van der Waals surface area contributed by atoms with Gasteiger partial charge in [-0.1, -0.05) is 39.5 Å². The smallest absolute Gasteiger partial charge is 0.00697 e. The van der Waals surface area contributed by atoms with Crippen molar-refractivity contribution in [3.8, 4) is 0 Å². The van der Waals surface area contributed by atoms with Crippen molar-refractivity contribution in [3.05, 3.63) is 0 Å². The van der Waals surface area contributed by atoms with Crippen molar-refractivity contribution in [3.63, 3.8) is 0 Å². The quantitative estimate of drug-likeness (QED) is 0.770. The first kappa shape index (κ1) is 12.4. The Bertz CT molecular complexity index is 211. The zero-order chi connectivity index (χ0) is 11.5. The number of hydrogen-bond acceptors (Lipinski definition) is 1. The predicted molar refractivity (Wildman–Crippen MR) is 70.2 cm³/mol. The summed E-state index contributed by atoms with van der Waals surface area (Å²) in [6, 6.07) is 0.475. The summed E-state index contributed by atoms with van der Waals surface area (Å²) in [7, 11) is 0. The minimum absolute atomic E-state index is 0.475. The van der Waals surface area contributed by atoms with Gasteiger partial charge < -0.3 is 5.73 Å². The molecule has 4 unspecified atom stereocenters. The van der Waals surface area contributed by atoms with Crippen LogP contribution in [0.5, 0.6) is 0 Å². The van der Waals surface area contributed by atoms with Crippen LogP contribution < -0.4 is 5.73 Å². The average Bonchev–Trinajstić information content (AvgIpc) is 2.27. The molecule has 0 saturated heterocycles. The third kappa shape index (κ3) is 3.00. The molecule has 2 rings (SSSR count). The zero-order valence-electron chi connectivity index (χ0n) is 11.1. The number of fused-ring (bicyclic) bond motifs is 1. The fraction of sp³-hybridized carbons (Fsp3) is 1.00. The van der Waals surface area contributed by atoms with E-state index in [1.165, 1.54) is 51.4 Å².